The molecule has 0 saturated heterocycles. The molecule has 4 aliphatic heterocycles. The number of benzene rings is 12. The average molecular weight is 1760 g/mol. The Hall–Kier alpha value is -9.48. The van der Waals surface area contributed by atoms with E-state index in [1.807, 2.05) is 97.1 Å². The summed E-state index contributed by atoms with van der Waals surface area (Å²) in [5.41, 5.74) is 16.9. The van der Waals surface area contributed by atoms with E-state index in [2.05, 4.69) is 234 Å². The first-order valence-corrected chi connectivity index (χ1v) is 42.0. The van der Waals surface area contributed by atoms with Crippen molar-refractivity contribution < 1.29 is 55.6 Å². The number of ether oxygens (including phenoxy) is 8. The van der Waals surface area contributed by atoms with Gasteiger partial charge in [0.1, 0.15) is 45.4 Å². The molecule has 12 aromatic carbocycles. The number of furan rings is 4. The predicted octanol–water partition coefficient (Wildman–Crippen LogP) is 27.9. The highest BCUT2D eigenvalue weighted by Crippen LogP contribution is 2.50. The van der Waals surface area contributed by atoms with Crippen molar-refractivity contribution in [3.05, 3.63) is 261 Å². The third kappa shape index (κ3) is 14.5. The number of rotatable bonds is 12. The van der Waals surface area contributed by atoms with Gasteiger partial charge < -0.3 is 55.6 Å². The van der Waals surface area contributed by atoms with Crippen LogP contribution in [-0.2, 0) is 0 Å². The molecule has 0 atom stereocenters. The summed E-state index contributed by atoms with van der Waals surface area (Å²) >= 11 is 20.7. The summed E-state index contributed by atoms with van der Waals surface area (Å²) in [6.07, 6.45) is 8.31. The van der Waals surface area contributed by atoms with Crippen molar-refractivity contribution in [1.29, 1.82) is 0 Å². The number of hydrogen-bond acceptors (Lipinski definition) is 16. The van der Waals surface area contributed by atoms with Gasteiger partial charge in [-0.25, -0.2) is 0 Å². The second kappa shape index (κ2) is 31.2. The lowest BCUT2D eigenvalue weighted by Gasteiger charge is -2.03. The Morgan fingerprint density at radius 3 is 0.593 bits per heavy atom. The molecule has 16 aromatic rings. The van der Waals surface area contributed by atoms with Crippen LogP contribution in [0.5, 0.6) is 46.0 Å². The van der Waals surface area contributed by atoms with E-state index in [9.17, 15) is 0 Å². The van der Waals surface area contributed by atoms with Crippen molar-refractivity contribution in [1.82, 2.24) is 0 Å². The number of thioether (sulfide) groups is 4. The zero-order valence-corrected chi connectivity index (χ0v) is 67.6. The molecule has 12 nitrogen and oxygen atoms in total. The van der Waals surface area contributed by atoms with Crippen LogP contribution in [-0.4, -0.2) is 52.2 Å². The van der Waals surface area contributed by atoms with E-state index in [-0.39, 0.29) is 27.2 Å². The van der Waals surface area contributed by atoms with Gasteiger partial charge in [-0.2, -0.15) is 0 Å². The van der Waals surface area contributed by atoms with Gasteiger partial charge >= 0.3 is 0 Å². The second-order valence-electron chi connectivity index (χ2n) is 25.0. The lowest BCUT2D eigenvalue weighted by atomic mass is 10.0. The van der Waals surface area contributed by atoms with E-state index in [1.54, 1.807) is 47.0 Å². The average Bonchev–Trinajstić information content (AvgIpc) is 1.64. The summed E-state index contributed by atoms with van der Waals surface area (Å²) in [7, 11) is 0. The second-order valence-corrected chi connectivity index (χ2v) is 31.9. The van der Waals surface area contributed by atoms with Crippen LogP contribution in [0.25, 0.3) is 134 Å². The fraction of sp³-hybridized carbons (Fsp3) is 0.0909. The minimum Gasteiger partial charge on any atom is -0.455 e. The van der Waals surface area contributed by atoms with Crippen LogP contribution in [0, 0.1) is 0 Å². The zero-order chi connectivity index (χ0) is 73.5. The van der Waals surface area contributed by atoms with Crippen LogP contribution >= 0.6 is 111 Å². The normalized spacial score (nSPS) is 12.7. The highest BCUT2D eigenvalue weighted by atomic mass is 79.9. The van der Waals surface area contributed by atoms with Gasteiger partial charge in [-0.05, 0) is 239 Å². The Balaban J connectivity index is 0.000000105. The molecule has 0 spiro atoms. The lowest BCUT2D eigenvalue weighted by Crippen LogP contribution is -1.92. The van der Waals surface area contributed by atoms with Gasteiger partial charge in [-0.3, -0.25) is 0 Å². The summed E-state index contributed by atoms with van der Waals surface area (Å²) in [5.74, 6) is 9.60. The molecule has 20 heteroatoms. The van der Waals surface area contributed by atoms with E-state index in [1.165, 1.54) is 44.5 Å². The number of hydrogen-bond donors (Lipinski definition) is 0. The molecule has 0 saturated carbocycles. The first-order valence-electron chi connectivity index (χ1n) is 34.0. The summed E-state index contributed by atoms with van der Waals surface area (Å²) in [5, 5.41) is 4.48. The summed E-state index contributed by atoms with van der Waals surface area (Å²) in [4.78, 5) is 4.51. The maximum Gasteiger partial charge on any atom is 0.231 e. The van der Waals surface area contributed by atoms with Crippen LogP contribution in [0.3, 0.4) is 0 Å². The third-order valence-electron chi connectivity index (χ3n) is 18.6. The van der Waals surface area contributed by atoms with E-state index in [0.29, 0.717) is 0 Å². The molecule has 4 aliphatic rings. The van der Waals surface area contributed by atoms with E-state index in [4.69, 9.17) is 55.6 Å². The Morgan fingerprint density at radius 2 is 0.389 bits per heavy atom. The fourth-order valence-electron chi connectivity index (χ4n) is 13.3. The Kier molecular flexibility index (Phi) is 20.7. The standard InChI is InChI=1S/4C22H15BrO3S/c4*1-27-22-17-10-14(13-2-6-16(23)7-3-13)4-8-18(17)26-21(22)15-5-9-19-20(11-15)25-12-24-19/h4*2-11H,12H2,1H3. The van der Waals surface area contributed by atoms with Gasteiger partial charge in [0.15, 0.2) is 46.0 Å². The maximum atomic E-state index is 6.22. The van der Waals surface area contributed by atoms with Crippen molar-refractivity contribution in [2.45, 2.75) is 19.6 Å². The lowest BCUT2D eigenvalue weighted by molar-refractivity contribution is 0.173. The van der Waals surface area contributed by atoms with Crippen LogP contribution in [0.15, 0.2) is 298 Å². The minimum atomic E-state index is 0.269. The summed E-state index contributed by atoms with van der Waals surface area (Å²) < 4.78 is 72.9. The van der Waals surface area contributed by atoms with Gasteiger partial charge in [0.25, 0.3) is 0 Å². The van der Waals surface area contributed by atoms with E-state index >= 15 is 0 Å². The smallest absolute Gasteiger partial charge is 0.231 e. The van der Waals surface area contributed by atoms with Gasteiger partial charge in [0, 0.05) is 61.7 Å². The largest absolute Gasteiger partial charge is 0.455 e. The van der Waals surface area contributed by atoms with Crippen molar-refractivity contribution >= 4 is 155 Å². The molecule has 8 heterocycles. The fourth-order valence-corrected chi connectivity index (χ4v) is 17.3. The number of fused-ring (bicyclic) bond motifs is 8. The molecular formula is C88H60Br4O12S4. The Bertz CT molecular complexity index is 5330. The topological polar surface area (TPSA) is 126 Å². The molecule has 0 aliphatic carbocycles. The molecule has 0 fully saturated rings. The molecule has 0 bridgehead atoms. The van der Waals surface area contributed by atoms with Crippen molar-refractivity contribution in [3.63, 3.8) is 0 Å². The Morgan fingerprint density at radius 1 is 0.204 bits per heavy atom. The number of halogens is 4. The minimum absolute atomic E-state index is 0.269. The highest BCUT2D eigenvalue weighted by Gasteiger charge is 2.26. The molecule has 0 unspecified atom stereocenters. The SMILES string of the molecule is CSc1c(-c2ccc3c(c2)OCO3)oc2ccc(-c3ccc(Br)cc3)cc12.CSc1c(-c2ccc3c(c2)OCO3)oc2ccc(-c3ccc(Br)cc3)cc12.CSc1c(-c2ccc3c(c2)OCO3)oc2ccc(-c3ccc(Br)cc3)cc12.CSc1c(-c2ccc3c(c2)OCO3)oc2ccc(-c3ccc(Br)cc3)cc12. The molecule has 0 N–H and O–H groups in total. The van der Waals surface area contributed by atoms with Gasteiger partial charge in [-0.1, -0.05) is 137 Å². The van der Waals surface area contributed by atoms with Gasteiger partial charge in [0.05, 0.1) is 19.6 Å². The molecule has 536 valence electrons. The van der Waals surface area contributed by atoms with Gasteiger partial charge in [0.2, 0.25) is 27.2 Å². The summed E-state index contributed by atoms with van der Waals surface area (Å²) in [6, 6.07) is 82.5. The maximum absolute atomic E-state index is 6.22. The zero-order valence-electron chi connectivity index (χ0n) is 58.0. The van der Waals surface area contributed by atoms with Crippen molar-refractivity contribution in [3.8, 4) is 136 Å². The van der Waals surface area contributed by atoms with Crippen molar-refractivity contribution in [2.75, 3.05) is 52.2 Å². The van der Waals surface area contributed by atoms with Crippen LogP contribution in [0.1, 0.15) is 0 Å². The quantitative estimate of drug-likeness (QED) is 0.108. The molecule has 0 radical (unpaired) electrons. The van der Waals surface area contributed by atoms with Crippen LogP contribution in [0.2, 0.25) is 0 Å². The highest BCUT2D eigenvalue weighted by molar-refractivity contribution is 9.11. The monoisotopic (exact) mass is 1750 g/mol. The van der Waals surface area contributed by atoms with Crippen LogP contribution in [0.4, 0.5) is 0 Å². The van der Waals surface area contributed by atoms with Crippen LogP contribution < -0.4 is 37.9 Å². The predicted molar refractivity (Wildman–Crippen MR) is 451 cm³/mol. The third-order valence-corrected chi connectivity index (χ3v) is 24.0. The molecule has 108 heavy (non-hydrogen) atoms. The summed E-state index contributed by atoms with van der Waals surface area (Å²) in [6.45, 7) is 1.07. The Labute approximate surface area is 672 Å². The van der Waals surface area contributed by atoms with E-state index in [0.717, 1.165) is 173 Å². The first kappa shape index (κ1) is 71.4. The molecule has 4 aromatic heterocycles. The molecule has 20 rings (SSSR count). The molecular weight excluding hydrogens is 1700 g/mol. The van der Waals surface area contributed by atoms with E-state index < -0.39 is 0 Å². The first-order chi connectivity index (χ1) is 52.9. The molecule has 0 amide bonds. The van der Waals surface area contributed by atoms with Crippen molar-refractivity contribution in [2.24, 2.45) is 0 Å². The van der Waals surface area contributed by atoms with Gasteiger partial charge in [-0.15, -0.1) is 47.0 Å².